The number of hydrogen-bond acceptors (Lipinski definition) is 4. The third-order valence-electron chi connectivity index (χ3n) is 5.09. The molecule has 0 spiro atoms. The van der Waals surface area contributed by atoms with Gasteiger partial charge in [-0.15, -0.1) is 0 Å². The molecule has 1 aliphatic rings. The Bertz CT molecular complexity index is 914. The Morgan fingerprint density at radius 1 is 1.11 bits per heavy atom. The van der Waals surface area contributed by atoms with Gasteiger partial charge in [0.1, 0.15) is 11.4 Å². The van der Waals surface area contributed by atoms with Crippen LogP contribution in [0.1, 0.15) is 25.5 Å². The van der Waals surface area contributed by atoms with Gasteiger partial charge < -0.3 is 14.5 Å². The van der Waals surface area contributed by atoms with Crippen LogP contribution in [0.2, 0.25) is 5.02 Å². The molecule has 0 bridgehead atoms. The summed E-state index contributed by atoms with van der Waals surface area (Å²) in [5.41, 5.74) is 4.23. The van der Waals surface area contributed by atoms with Gasteiger partial charge in [-0.3, -0.25) is 4.90 Å². The van der Waals surface area contributed by atoms with Gasteiger partial charge >= 0.3 is 0 Å². The minimum atomic E-state index is 0.721. The molecule has 6 heteroatoms. The minimum absolute atomic E-state index is 0.721. The van der Waals surface area contributed by atoms with E-state index in [4.69, 9.17) is 21.3 Å². The number of nitrogens with zero attached hydrogens (tertiary/aromatic N) is 3. The van der Waals surface area contributed by atoms with Gasteiger partial charge in [0.05, 0.1) is 23.0 Å². The highest BCUT2D eigenvalue weighted by molar-refractivity contribution is 6.30. The topological polar surface area (TPSA) is 41.8 Å². The average molecular weight is 399 g/mol. The summed E-state index contributed by atoms with van der Waals surface area (Å²) in [5, 5.41) is 4.19. The monoisotopic (exact) mass is 398 g/mol. The summed E-state index contributed by atoms with van der Waals surface area (Å²) in [6, 6.07) is 12.1. The van der Waals surface area contributed by atoms with Crippen molar-refractivity contribution in [2.75, 3.05) is 32.8 Å². The van der Waals surface area contributed by atoms with Crippen LogP contribution in [0, 0.1) is 0 Å². The molecular weight excluding hydrogens is 372 g/mol. The second kappa shape index (κ2) is 8.95. The Morgan fingerprint density at radius 3 is 2.79 bits per heavy atom. The molecule has 3 aromatic rings. The molecule has 0 unspecified atom stereocenters. The van der Waals surface area contributed by atoms with E-state index in [0.717, 1.165) is 79.8 Å². The molecule has 3 heterocycles. The molecule has 1 aliphatic heterocycles. The zero-order valence-corrected chi connectivity index (χ0v) is 17.1. The fourth-order valence-corrected chi connectivity index (χ4v) is 3.81. The molecule has 5 nitrogen and oxygen atoms in total. The first-order chi connectivity index (χ1) is 13.7. The maximum Gasteiger partial charge on any atom is 0.137 e. The van der Waals surface area contributed by atoms with Crippen LogP contribution in [0.4, 0.5) is 0 Å². The normalized spacial score (nSPS) is 15.6. The van der Waals surface area contributed by atoms with Gasteiger partial charge in [0.15, 0.2) is 0 Å². The third-order valence-corrected chi connectivity index (χ3v) is 5.31. The first kappa shape index (κ1) is 19.2. The first-order valence-electron chi connectivity index (χ1n) is 10.1. The van der Waals surface area contributed by atoms with Crippen molar-refractivity contribution >= 4 is 17.2 Å². The van der Waals surface area contributed by atoms with Crippen molar-refractivity contribution in [2.45, 2.75) is 26.3 Å². The van der Waals surface area contributed by atoms with Crippen LogP contribution < -0.4 is 10.1 Å². The van der Waals surface area contributed by atoms with Gasteiger partial charge in [-0.1, -0.05) is 18.5 Å². The van der Waals surface area contributed by atoms with Gasteiger partial charge in [0, 0.05) is 31.4 Å². The summed E-state index contributed by atoms with van der Waals surface area (Å²) in [4.78, 5) is 7.42. The van der Waals surface area contributed by atoms with Crippen LogP contribution in [0.15, 0.2) is 42.6 Å². The number of rotatable bonds is 6. The average Bonchev–Trinajstić information content (AvgIpc) is 2.88. The standard InChI is InChI=1S/C22H27ClN4O/c1-2-14-28-19-7-4-17(5-8-19)22-20(16-26-12-3-10-24-11-13-26)27-15-18(23)6-9-21(27)25-22/h4-9,15,24H,2-3,10-14,16H2,1H3. The van der Waals surface area contributed by atoms with Gasteiger partial charge in [0.2, 0.25) is 0 Å². The largest absolute Gasteiger partial charge is 0.494 e. The lowest BCUT2D eigenvalue weighted by Crippen LogP contribution is -2.28. The van der Waals surface area contributed by atoms with Crippen molar-refractivity contribution in [2.24, 2.45) is 0 Å². The number of aromatic nitrogens is 2. The van der Waals surface area contributed by atoms with E-state index in [1.807, 2.05) is 30.5 Å². The molecule has 1 fully saturated rings. The highest BCUT2D eigenvalue weighted by atomic mass is 35.5. The van der Waals surface area contributed by atoms with E-state index in [0.29, 0.717) is 0 Å². The van der Waals surface area contributed by atoms with Crippen molar-refractivity contribution in [1.82, 2.24) is 19.6 Å². The van der Waals surface area contributed by atoms with Gasteiger partial charge in [-0.2, -0.15) is 0 Å². The summed E-state index contributed by atoms with van der Waals surface area (Å²) >= 11 is 6.30. The van der Waals surface area contributed by atoms with Gasteiger partial charge in [0.25, 0.3) is 0 Å². The van der Waals surface area contributed by atoms with E-state index in [1.165, 1.54) is 5.69 Å². The summed E-state index contributed by atoms with van der Waals surface area (Å²) in [6.45, 7) is 7.94. The van der Waals surface area contributed by atoms with Crippen LogP contribution >= 0.6 is 11.6 Å². The van der Waals surface area contributed by atoms with Gasteiger partial charge in [-0.25, -0.2) is 4.98 Å². The molecule has 1 N–H and O–H groups in total. The van der Waals surface area contributed by atoms with Crippen LogP contribution in [0.5, 0.6) is 5.75 Å². The van der Waals surface area contributed by atoms with Crippen LogP contribution in [-0.4, -0.2) is 47.1 Å². The van der Waals surface area contributed by atoms with Gasteiger partial charge in [-0.05, 0) is 62.3 Å². The fourth-order valence-electron chi connectivity index (χ4n) is 3.65. The number of ether oxygens (including phenoxy) is 1. The molecule has 0 aliphatic carbocycles. The first-order valence-corrected chi connectivity index (χ1v) is 10.4. The lowest BCUT2D eigenvalue weighted by atomic mass is 10.1. The zero-order chi connectivity index (χ0) is 19.3. The van der Waals surface area contributed by atoms with E-state index >= 15 is 0 Å². The number of fused-ring (bicyclic) bond motifs is 1. The number of benzene rings is 1. The molecule has 0 saturated carbocycles. The molecular formula is C22H27ClN4O. The second-order valence-electron chi connectivity index (χ2n) is 7.24. The summed E-state index contributed by atoms with van der Waals surface area (Å²) in [6.07, 6.45) is 4.14. The number of halogens is 1. The number of imidazole rings is 1. The molecule has 0 amide bonds. The Kier molecular flexibility index (Phi) is 6.15. The predicted octanol–water partition coefficient (Wildman–Crippen LogP) is 4.24. The predicted molar refractivity (Wildman–Crippen MR) is 114 cm³/mol. The molecule has 4 rings (SSSR count). The van der Waals surface area contributed by atoms with Crippen LogP contribution in [0.3, 0.4) is 0 Å². The molecule has 1 aromatic carbocycles. The Hall–Kier alpha value is -2.08. The zero-order valence-electron chi connectivity index (χ0n) is 16.3. The third kappa shape index (κ3) is 4.32. The SMILES string of the molecule is CCCOc1ccc(-c2nc3ccc(Cl)cn3c2CN2CCCNCC2)cc1. The molecule has 0 radical (unpaired) electrons. The Balaban J connectivity index is 1.70. The molecule has 28 heavy (non-hydrogen) atoms. The van der Waals surface area contributed by atoms with E-state index in [1.54, 1.807) is 0 Å². The Labute approximate surface area is 171 Å². The van der Waals surface area contributed by atoms with Crippen molar-refractivity contribution in [3.05, 3.63) is 53.3 Å². The van der Waals surface area contributed by atoms with Crippen molar-refractivity contribution in [1.29, 1.82) is 0 Å². The maximum atomic E-state index is 6.30. The molecule has 148 valence electrons. The van der Waals surface area contributed by atoms with E-state index in [2.05, 4.69) is 33.7 Å². The maximum absolute atomic E-state index is 6.30. The molecule has 0 atom stereocenters. The highest BCUT2D eigenvalue weighted by Gasteiger charge is 2.18. The van der Waals surface area contributed by atoms with E-state index in [-0.39, 0.29) is 0 Å². The number of hydrogen-bond donors (Lipinski definition) is 1. The minimum Gasteiger partial charge on any atom is -0.494 e. The number of nitrogens with one attached hydrogen (secondary N) is 1. The lowest BCUT2D eigenvalue weighted by molar-refractivity contribution is 0.281. The second-order valence-corrected chi connectivity index (χ2v) is 7.67. The summed E-state index contributed by atoms with van der Waals surface area (Å²) in [7, 11) is 0. The van der Waals surface area contributed by atoms with E-state index < -0.39 is 0 Å². The van der Waals surface area contributed by atoms with Crippen LogP contribution in [0.25, 0.3) is 16.9 Å². The smallest absolute Gasteiger partial charge is 0.137 e. The molecule has 2 aromatic heterocycles. The van der Waals surface area contributed by atoms with Crippen LogP contribution in [-0.2, 0) is 6.54 Å². The highest BCUT2D eigenvalue weighted by Crippen LogP contribution is 2.28. The van der Waals surface area contributed by atoms with E-state index in [9.17, 15) is 0 Å². The lowest BCUT2D eigenvalue weighted by Gasteiger charge is -2.20. The van der Waals surface area contributed by atoms with Crippen molar-refractivity contribution in [3.63, 3.8) is 0 Å². The summed E-state index contributed by atoms with van der Waals surface area (Å²) < 4.78 is 7.86. The summed E-state index contributed by atoms with van der Waals surface area (Å²) in [5.74, 6) is 0.901. The Morgan fingerprint density at radius 2 is 1.96 bits per heavy atom. The molecule has 1 saturated heterocycles. The van der Waals surface area contributed by atoms with Crippen molar-refractivity contribution in [3.8, 4) is 17.0 Å². The van der Waals surface area contributed by atoms with Crippen molar-refractivity contribution < 1.29 is 4.74 Å². The quantitative estimate of drug-likeness (QED) is 0.674. The fraction of sp³-hybridized carbons (Fsp3) is 0.409. The number of pyridine rings is 1.